The van der Waals surface area contributed by atoms with Crippen molar-refractivity contribution in [3.05, 3.63) is 70.6 Å². The van der Waals surface area contributed by atoms with Crippen LogP contribution in [0.4, 0.5) is 16.2 Å². The first kappa shape index (κ1) is 29.9. The molecule has 0 saturated carbocycles. The van der Waals surface area contributed by atoms with E-state index in [1.807, 2.05) is 53.2 Å². The van der Waals surface area contributed by atoms with Crippen LogP contribution in [0.1, 0.15) is 42.2 Å². The highest BCUT2D eigenvalue weighted by Crippen LogP contribution is 2.39. The predicted octanol–water partition coefficient (Wildman–Crippen LogP) is 4.54. The summed E-state index contributed by atoms with van der Waals surface area (Å²) in [4.78, 5) is 40.7. The smallest absolute Gasteiger partial charge is 0.282 e. The average Bonchev–Trinajstić information content (AvgIpc) is 3.46. The van der Waals surface area contributed by atoms with Crippen molar-refractivity contribution in [1.82, 2.24) is 19.8 Å². The van der Waals surface area contributed by atoms with Crippen molar-refractivity contribution in [2.75, 3.05) is 43.4 Å². The zero-order valence-electron chi connectivity index (χ0n) is 24.4. The number of carbonyl (C=O) groups is 2. The summed E-state index contributed by atoms with van der Waals surface area (Å²) in [6.45, 7) is 4.97. The van der Waals surface area contributed by atoms with E-state index in [1.54, 1.807) is 0 Å². The lowest BCUT2D eigenvalue weighted by atomic mass is 9.94. The van der Waals surface area contributed by atoms with Gasteiger partial charge in [0.15, 0.2) is 5.83 Å². The number of nitrogens with one attached hydrogen (secondary N) is 1. The van der Waals surface area contributed by atoms with E-state index in [-0.39, 0.29) is 50.1 Å². The van der Waals surface area contributed by atoms with Crippen LogP contribution in [0, 0.1) is 11.3 Å². The van der Waals surface area contributed by atoms with Crippen molar-refractivity contribution in [1.29, 1.82) is 5.26 Å². The van der Waals surface area contributed by atoms with Crippen molar-refractivity contribution in [2.24, 2.45) is 0 Å². The summed E-state index contributed by atoms with van der Waals surface area (Å²) in [7, 11) is 1.93. The van der Waals surface area contributed by atoms with E-state index >= 15 is 0 Å². The minimum atomic E-state index is -1.06. The van der Waals surface area contributed by atoms with Gasteiger partial charge >= 0.3 is 0 Å². The minimum Gasteiger partial charge on any atom is -0.368 e. The van der Waals surface area contributed by atoms with E-state index in [0.29, 0.717) is 23.8 Å². The Balaban J connectivity index is 1.36. The van der Waals surface area contributed by atoms with E-state index in [9.17, 15) is 19.2 Å². The SMILES string of the molecule is C=C(F)C(=O)N1CCN(c2nc(NC(=O)[C@@H]3CCCN3C)nc3c2COC(c2cccc4cccc(Cl)c24)C3)C[C@@H]1CC#N. The highest BCUT2D eigenvalue weighted by molar-refractivity contribution is 6.35. The Morgan fingerprint density at radius 1 is 1.20 bits per heavy atom. The van der Waals surface area contributed by atoms with Crippen LogP contribution in [0.2, 0.25) is 5.02 Å². The first-order valence-corrected chi connectivity index (χ1v) is 15.1. The molecular weight excluding hydrogens is 585 g/mol. The van der Waals surface area contributed by atoms with Gasteiger partial charge in [0.05, 0.1) is 43.0 Å². The number of halogens is 2. The molecule has 0 bridgehead atoms. The molecular formula is C32H33ClFN7O3. The molecule has 6 rings (SSSR count). The largest absolute Gasteiger partial charge is 0.368 e. The van der Waals surface area contributed by atoms with Gasteiger partial charge < -0.3 is 14.5 Å². The van der Waals surface area contributed by atoms with Gasteiger partial charge in [-0.05, 0) is 43.5 Å². The van der Waals surface area contributed by atoms with Gasteiger partial charge in [0, 0.05) is 42.0 Å². The summed E-state index contributed by atoms with van der Waals surface area (Å²) in [6.07, 6.45) is 1.79. The lowest BCUT2D eigenvalue weighted by molar-refractivity contribution is -0.131. The predicted molar refractivity (Wildman–Crippen MR) is 165 cm³/mol. The van der Waals surface area contributed by atoms with Crippen LogP contribution in [0.25, 0.3) is 10.8 Å². The van der Waals surface area contributed by atoms with Crippen LogP contribution in [0.15, 0.2) is 48.8 Å². The van der Waals surface area contributed by atoms with E-state index in [2.05, 4.69) is 18.0 Å². The fraction of sp³-hybridized carbons (Fsp3) is 0.406. The lowest BCUT2D eigenvalue weighted by Crippen LogP contribution is -2.55. The van der Waals surface area contributed by atoms with Crippen LogP contribution < -0.4 is 10.2 Å². The second-order valence-corrected chi connectivity index (χ2v) is 11.9. The average molecular weight is 618 g/mol. The quantitative estimate of drug-likeness (QED) is 0.401. The van der Waals surface area contributed by atoms with Gasteiger partial charge in [0.2, 0.25) is 11.9 Å². The number of nitrogens with zero attached hydrogens (tertiary/aromatic N) is 6. The fourth-order valence-corrected chi connectivity index (χ4v) is 6.84. The van der Waals surface area contributed by atoms with Gasteiger partial charge in [0.1, 0.15) is 5.82 Å². The van der Waals surface area contributed by atoms with Crippen molar-refractivity contribution in [3.63, 3.8) is 0 Å². The number of benzene rings is 2. The molecule has 12 heteroatoms. The summed E-state index contributed by atoms with van der Waals surface area (Å²) in [5, 5.41) is 15.0. The number of hydrogen-bond acceptors (Lipinski definition) is 8. The molecule has 10 nitrogen and oxygen atoms in total. The van der Waals surface area contributed by atoms with Gasteiger partial charge in [-0.2, -0.15) is 10.2 Å². The molecule has 3 aliphatic heterocycles. The molecule has 2 aromatic carbocycles. The van der Waals surface area contributed by atoms with E-state index in [0.717, 1.165) is 47.0 Å². The number of amides is 2. The number of piperazine rings is 1. The van der Waals surface area contributed by atoms with Gasteiger partial charge in [-0.15, -0.1) is 0 Å². The van der Waals surface area contributed by atoms with Gasteiger partial charge in [-0.3, -0.25) is 19.8 Å². The Morgan fingerprint density at radius 3 is 2.73 bits per heavy atom. The number of ether oxygens (including phenoxy) is 1. The summed E-state index contributed by atoms with van der Waals surface area (Å²) < 4.78 is 20.2. The highest BCUT2D eigenvalue weighted by atomic mass is 35.5. The molecule has 0 radical (unpaired) electrons. The molecule has 2 fully saturated rings. The number of fused-ring (bicyclic) bond motifs is 2. The molecule has 3 atom stereocenters. The number of hydrogen-bond donors (Lipinski definition) is 1. The molecule has 228 valence electrons. The van der Waals surface area contributed by atoms with Crippen LogP contribution in [0.3, 0.4) is 0 Å². The Morgan fingerprint density at radius 2 is 2.00 bits per heavy atom. The van der Waals surface area contributed by atoms with Crippen LogP contribution in [0.5, 0.6) is 0 Å². The van der Waals surface area contributed by atoms with Gasteiger partial charge in [-0.1, -0.05) is 48.5 Å². The van der Waals surface area contributed by atoms with Crippen LogP contribution in [-0.2, 0) is 27.4 Å². The minimum absolute atomic E-state index is 0.0147. The molecule has 1 unspecified atom stereocenters. The first-order valence-electron chi connectivity index (χ1n) is 14.7. The second-order valence-electron chi connectivity index (χ2n) is 11.5. The molecule has 0 spiro atoms. The molecule has 44 heavy (non-hydrogen) atoms. The maximum Gasteiger partial charge on any atom is 0.282 e. The van der Waals surface area contributed by atoms with E-state index < -0.39 is 17.8 Å². The molecule has 3 aliphatic rings. The molecule has 4 heterocycles. The topological polar surface area (TPSA) is 115 Å². The van der Waals surface area contributed by atoms with Gasteiger partial charge in [-0.25, -0.2) is 9.37 Å². The first-order chi connectivity index (χ1) is 21.2. The molecule has 2 amide bonds. The molecule has 3 aromatic rings. The third-order valence-corrected chi connectivity index (χ3v) is 9.09. The summed E-state index contributed by atoms with van der Waals surface area (Å²) in [5.41, 5.74) is 2.46. The van der Waals surface area contributed by atoms with Crippen molar-refractivity contribution in [2.45, 2.75) is 50.5 Å². The second kappa shape index (κ2) is 12.5. The zero-order valence-corrected chi connectivity index (χ0v) is 25.2. The molecule has 2 saturated heterocycles. The number of carbonyl (C=O) groups excluding carboxylic acids is 2. The third kappa shape index (κ3) is 5.73. The standard InChI is InChI=1S/C32H33ClFN7O3/c1-19(34)31(43)41-15-14-40(17-21(41)11-12-35)29-23-18-44-27(22-8-3-6-20-7-4-9-24(33)28(20)22)16-25(23)36-32(37-29)38-30(42)26-10-5-13-39(26)2/h3-4,6-9,21,26-27H,1,5,10-11,13-18H2,2H3,(H,36,37,38,42)/t21-,26-,27?/m0/s1. The number of aromatic nitrogens is 2. The van der Waals surface area contributed by atoms with Crippen LogP contribution >= 0.6 is 11.6 Å². The maximum atomic E-state index is 13.8. The van der Waals surface area contributed by atoms with Crippen molar-refractivity contribution in [3.8, 4) is 6.07 Å². The third-order valence-electron chi connectivity index (χ3n) is 8.77. The summed E-state index contributed by atoms with van der Waals surface area (Å²) in [5.74, 6) is -1.29. The van der Waals surface area contributed by atoms with Crippen molar-refractivity contribution < 1.29 is 18.7 Å². The maximum absolute atomic E-state index is 13.8. The fourth-order valence-electron chi connectivity index (χ4n) is 6.55. The summed E-state index contributed by atoms with van der Waals surface area (Å²) >= 11 is 6.64. The van der Waals surface area contributed by atoms with Crippen LogP contribution in [-0.4, -0.2) is 76.9 Å². The molecule has 1 N–H and O–H groups in total. The van der Waals surface area contributed by atoms with Crippen molar-refractivity contribution >= 4 is 46.0 Å². The summed E-state index contributed by atoms with van der Waals surface area (Å²) in [6, 6.07) is 13.0. The lowest BCUT2D eigenvalue weighted by Gasteiger charge is -2.42. The number of rotatable bonds is 6. The number of anilines is 2. The molecule has 0 aliphatic carbocycles. The monoisotopic (exact) mass is 617 g/mol. The zero-order chi connectivity index (χ0) is 31.0. The Kier molecular flexibility index (Phi) is 8.49. The van der Waals surface area contributed by atoms with E-state index in [1.165, 1.54) is 4.90 Å². The van der Waals surface area contributed by atoms with Gasteiger partial charge in [0.25, 0.3) is 5.91 Å². The Bertz CT molecular complexity index is 1670. The number of likely N-dealkylation sites (N-methyl/N-ethyl adjacent to an activating group) is 1. The number of likely N-dealkylation sites (tertiary alicyclic amines) is 1. The Hall–Kier alpha value is -4.11. The van der Waals surface area contributed by atoms with E-state index in [4.69, 9.17) is 26.3 Å². The number of nitriles is 1. The highest BCUT2D eigenvalue weighted by Gasteiger charge is 2.36. The Labute approximate surface area is 260 Å². The molecule has 1 aromatic heterocycles. The normalized spacial score (nSPS) is 22.0.